The molecule has 0 amide bonds. The Labute approximate surface area is 220 Å². The smallest absolute Gasteiger partial charge is 0.330 e. The van der Waals surface area contributed by atoms with Crippen LogP contribution in [0.4, 0.5) is 0 Å². The summed E-state index contributed by atoms with van der Waals surface area (Å²) in [4.78, 5) is 11.0. The summed E-state index contributed by atoms with van der Waals surface area (Å²) in [5.74, 6) is 14.2. The molecule has 188 valence electrons. The molecule has 37 heavy (non-hydrogen) atoms. The molecule has 4 nitrogen and oxygen atoms in total. The fourth-order valence-electron chi connectivity index (χ4n) is 3.45. The van der Waals surface area contributed by atoms with Crippen molar-refractivity contribution >= 4 is 5.97 Å². The molecule has 0 aromatic heterocycles. The van der Waals surface area contributed by atoms with Gasteiger partial charge in [0.25, 0.3) is 0 Å². The summed E-state index contributed by atoms with van der Waals surface area (Å²) in [5, 5.41) is 0. The molecule has 0 bridgehead atoms. The minimum absolute atomic E-state index is 0.365. The minimum Gasteiger partial charge on any atom is -0.497 e. The average molecular weight is 493 g/mol. The van der Waals surface area contributed by atoms with Crippen molar-refractivity contribution in [1.29, 1.82) is 0 Å². The molecule has 0 aliphatic heterocycles. The molecular weight excluding hydrogens is 460 g/mol. The first-order valence-electron chi connectivity index (χ1n) is 12.4. The summed E-state index contributed by atoms with van der Waals surface area (Å²) in [6, 6.07) is 21.6. The number of carbonyl (C=O) groups is 1. The van der Waals surface area contributed by atoms with Crippen LogP contribution >= 0.6 is 0 Å². The third-order valence-electron chi connectivity index (χ3n) is 5.58. The summed E-state index contributed by atoms with van der Waals surface area (Å²) in [6.07, 6.45) is 5.02. The van der Waals surface area contributed by atoms with Crippen LogP contribution in [0.5, 0.6) is 11.5 Å². The third kappa shape index (κ3) is 9.63. The Bertz CT molecular complexity index is 1300. The summed E-state index contributed by atoms with van der Waals surface area (Å²) in [6.45, 7) is 6.52. The standard InChI is InChI=1S/C33H32O4/c1-4-33(34)37-24-8-6-5-7-23-36-32-21-15-28(16-22-32)11-17-30-18-12-29(25-26(30)2)10-9-27-13-19-31(35-3)20-14-27/h4,12-16,18-22,25H,1,5-8,23-24H2,2-3H3. The van der Waals surface area contributed by atoms with Crippen LogP contribution in [0.25, 0.3) is 0 Å². The van der Waals surface area contributed by atoms with Gasteiger partial charge < -0.3 is 14.2 Å². The molecule has 0 unspecified atom stereocenters. The maximum absolute atomic E-state index is 11.0. The topological polar surface area (TPSA) is 44.8 Å². The first-order valence-corrected chi connectivity index (χ1v) is 12.4. The highest BCUT2D eigenvalue weighted by Gasteiger charge is 1.99. The van der Waals surface area contributed by atoms with Crippen LogP contribution in [-0.2, 0) is 9.53 Å². The number of ether oxygens (including phenoxy) is 3. The van der Waals surface area contributed by atoms with Gasteiger partial charge in [0.1, 0.15) is 11.5 Å². The number of hydrogen-bond acceptors (Lipinski definition) is 4. The van der Waals surface area contributed by atoms with E-state index in [0.717, 1.165) is 65.0 Å². The van der Waals surface area contributed by atoms with Crippen LogP contribution in [0.3, 0.4) is 0 Å². The van der Waals surface area contributed by atoms with E-state index in [1.54, 1.807) is 7.11 Å². The van der Waals surface area contributed by atoms with E-state index in [1.165, 1.54) is 6.08 Å². The van der Waals surface area contributed by atoms with Crippen LogP contribution < -0.4 is 9.47 Å². The minimum atomic E-state index is -0.365. The molecular formula is C33H32O4. The van der Waals surface area contributed by atoms with E-state index in [1.807, 2.05) is 67.6 Å². The van der Waals surface area contributed by atoms with E-state index in [4.69, 9.17) is 14.2 Å². The molecule has 3 aromatic carbocycles. The quantitative estimate of drug-likeness (QED) is 0.141. The number of unbranched alkanes of at least 4 members (excludes halogenated alkanes) is 3. The van der Waals surface area contributed by atoms with E-state index < -0.39 is 0 Å². The molecule has 3 rings (SSSR count). The molecule has 0 heterocycles. The van der Waals surface area contributed by atoms with Crippen LogP contribution in [-0.4, -0.2) is 26.3 Å². The number of hydrogen-bond donors (Lipinski definition) is 0. The van der Waals surface area contributed by atoms with Gasteiger partial charge in [-0.15, -0.1) is 0 Å². The van der Waals surface area contributed by atoms with Gasteiger partial charge in [0.15, 0.2) is 0 Å². The highest BCUT2D eigenvalue weighted by atomic mass is 16.5. The van der Waals surface area contributed by atoms with E-state index in [2.05, 4.69) is 36.3 Å². The molecule has 0 atom stereocenters. The monoisotopic (exact) mass is 492 g/mol. The Morgan fingerprint density at radius 3 is 1.95 bits per heavy atom. The van der Waals surface area contributed by atoms with Crippen LogP contribution in [0.2, 0.25) is 0 Å². The molecule has 4 heteroatoms. The van der Waals surface area contributed by atoms with Crippen molar-refractivity contribution in [2.24, 2.45) is 0 Å². The maximum Gasteiger partial charge on any atom is 0.330 e. The lowest BCUT2D eigenvalue weighted by molar-refractivity contribution is -0.137. The molecule has 0 N–H and O–H groups in total. The van der Waals surface area contributed by atoms with Crippen molar-refractivity contribution in [3.05, 3.63) is 107 Å². The molecule has 0 aliphatic rings. The molecule has 0 fully saturated rings. The van der Waals surface area contributed by atoms with Crippen LogP contribution in [0, 0.1) is 30.6 Å². The zero-order chi connectivity index (χ0) is 26.3. The lowest BCUT2D eigenvalue weighted by Gasteiger charge is -2.06. The number of rotatable bonds is 10. The summed E-state index contributed by atoms with van der Waals surface area (Å²) < 4.78 is 16.0. The van der Waals surface area contributed by atoms with Gasteiger partial charge in [-0.1, -0.05) is 30.3 Å². The van der Waals surface area contributed by atoms with E-state index in [9.17, 15) is 4.79 Å². The molecule has 0 spiro atoms. The third-order valence-corrected chi connectivity index (χ3v) is 5.58. The summed E-state index contributed by atoms with van der Waals surface area (Å²) in [5.41, 5.74) is 4.90. The second kappa shape index (κ2) is 14.9. The van der Waals surface area contributed by atoms with Crippen molar-refractivity contribution in [2.45, 2.75) is 32.6 Å². The molecule has 0 saturated carbocycles. The van der Waals surface area contributed by atoms with Gasteiger partial charge in [-0.25, -0.2) is 4.79 Å². The number of esters is 1. The van der Waals surface area contributed by atoms with Crippen molar-refractivity contribution < 1.29 is 19.0 Å². The SMILES string of the molecule is C=CC(=O)OCCCCCCOc1ccc(C#Cc2ccc(C#Cc3ccc(OC)cc3)cc2C)cc1. The number of carbonyl (C=O) groups excluding carboxylic acids is 1. The predicted octanol–water partition coefficient (Wildman–Crippen LogP) is 6.47. The zero-order valence-corrected chi connectivity index (χ0v) is 21.5. The van der Waals surface area contributed by atoms with Gasteiger partial charge in [-0.2, -0.15) is 0 Å². The number of aryl methyl sites for hydroxylation is 1. The second-order valence-electron chi connectivity index (χ2n) is 8.42. The first-order chi connectivity index (χ1) is 18.1. The lowest BCUT2D eigenvalue weighted by Crippen LogP contribution is -2.02. The summed E-state index contributed by atoms with van der Waals surface area (Å²) in [7, 11) is 1.65. The van der Waals surface area contributed by atoms with E-state index in [0.29, 0.717) is 13.2 Å². The Balaban J connectivity index is 1.45. The first kappa shape index (κ1) is 27.2. The van der Waals surface area contributed by atoms with Gasteiger partial charge in [-0.05, 0) is 105 Å². The van der Waals surface area contributed by atoms with E-state index in [-0.39, 0.29) is 5.97 Å². The Morgan fingerprint density at radius 1 is 0.757 bits per heavy atom. The molecule has 3 aromatic rings. The summed E-state index contributed by atoms with van der Waals surface area (Å²) >= 11 is 0. The average Bonchev–Trinajstić information content (AvgIpc) is 2.93. The highest BCUT2D eigenvalue weighted by Crippen LogP contribution is 2.14. The van der Waals surface area contributed by atoms with Crippen molar-refractivity contribution in [3.8, 4) is 35.2 Å². The Hall–Kier alpha value is -4.41. The largest absolute Gasteiger partial charge is 0.497 e. The van der Waals surface area contributed by atoms with Gasteiger partial charge >= 0.3 is 5.97 Å². The number of benzene rings is 3. The second-order valence-corrected chi connectivity index (χ2v) is 8.42. The van der Waals surface area contributed by atoms with Crippen molar-refractivity contribution in [1.82, 2.24) is 0 Å². The molecule has 0 aliphatic carbocycles. The van der Waals surface area contributed by atoms with E-state index >= 15 is 0 Å². The van der Waals surface area contributed by atoms with Crippen LogP contribution in [0.1, 0.15) is 53.5 Å². The van der Waals surface area contributed by atoms with Gasteiger partial charge in [0.2, 0.25) is 0 Å². The normalized spacial score (nSPS) is 9.78. The number of methoxy groups -OCH3 is 1. The van der Waals surface area contributed by atoms with Crippen molar-refractivity contribution in [3.63, 3.8) is 0 Å². The van der Waals surface area contributed by atoms with Crippen molar-refractivity contribution in [2.75, 3.05) is 20.3 Å². The predicted molar refractivity (Wildman–Crippen MR) is 148 cm³/mol. The maximum atomic E-state index is 11.0. The fraction of sp³-hybridized carbons (Fsp3) is 0.242. The zero-order valence-electron chi connectivity index (χ0n) is 21.5. The highest BCUT2D eigenvalue weighted by molar-refractivity contribution is 5.81. The molecule has 0 radical (unpaired) electrons. The fourth-order valence-corrected chi connectivity index (χ4v) is 3.45. The van der Waals surface area contributed by atoms with Gasteiger partial charge in [0.05, 0.1) is 20.3 Å². The lowest BCUT2D eigenvalue weighted by atomic mass is 10.0. The molecule has 0 saturated heterocycles. The Kier molecular flexibility index (Phi) is 10.9. The Morgan fingerprint density at radius 2 is 1.32 bits per heavy atom. The van der Waals surface area contributed by atoms with Gasteiger partial charge in [0, 0.05) is 28.3 Å². The van der Waals surface area contributed by atoms with Gasteiger partial charge in [-0.3, -0.25) is 0 Å². The van der Waals surface area contributed by atoms with Crippen LogP contribution in [0.15, 0.2) is 79.4 Å².